The Hall–Kier alpha value is -1.06. The maximum atomic E-state index is 5.66. The smallest absolute Gasteiger partial charge is 0.0634 e. The van der Waals surface area contributed by atoms with Gasteiger partial charge in [0.25, 0.3) is 0 Å². The van der Waals surface area contributed by atoms with E-state index in [0.717, 1.165) is 25.2 Å². The van der Waals surface area contributed by atoms with Gasteiger partial charge in [0.2, 0.25) is 0 Å². The molecule has 0 saturated carbocycles. The van der Waals surface area contributed by atoms with Gasteiger partial charge in [-0.25, -0.2) is 0 Å². The van der Waals surface area contributed by atoms with Crippen molar-refractivity contribution in [3.63, 3.8) is 0 Å². The molecule has 0 atom stereocenters. The SMILES string of the molecule is COC(C)(C)CCN(C)Cc1ccc(N)cc1. The number of benzene rings is 1. The van der Waals surface area contributed by atoms with Crippen molar-refractivity contribution >= 4 is 5.69 Å². The van der Waals surface area contributed by atoms with Crippen LogP contribution in [0.25, 0.3) is 0 Å². The highest BCUT2D eigenvalue weighted by Crippen LogP contribution is 2.14. The molecule has 3 heteroatoms. The lowest BCUT2D eigenvalue weighted by Crippen LogP contribution is -2.29. The van der Waals surface area contributed by atoms with Crippen LogP contribution in [0.5, 0.6) is 0 Å². The van der Waals surface area contributed by atoms with Gasteiger partial charge in [-0.2, -0.15) is 0 Å². The van der Waals surface area contributed by atoms with Crippen molar-refractivity contribution in [2.45, 2.75) is 32.4 Å². The van der Waals surface area contributed by atoms with Gasteiger partial charge in [-0.05, 0) is 45.0 Å². The Kier molecular flexibility index (Phi) is 4.97. The number of anilines is 1. The molecule has 0 radical (unpaired) electrons. The molecule has 0 fully saturated rings. The highest BCUT2D eigenvalue weighted by Gasteiger charge is 2.16. The second-order valence-corrected chi connectivity index (χ2v) is 5.19. The van der Waals surface area contributed by atoms with E-state index in [2.05, 4.69) is 37.9 Å². The quantitative estimate of drug-likeness (QED) is 0.771. The lowest BCUT2D eigenvalue weighted by atomic mass is 10.0. The summed E-state index contributed by atoms with van der Waals surface area (Å²) in [6.45, 7) is 6.19. The van der Waals surface area contributed by atoms with Crippen molar-refractivity contribution in [1.29, 1.82) is 0 Å². The van der Waals surface area contributed by atoms with Crippen molar-refractivity contribution in [2.75, 3.05) is 26.4 Å². The average molecular weight is 236 g/mol. The van der Waals surface area contributed by atoms with Gasteiger partial charge in [-0.1, -0.05) is 12.1 Å². The van der Waals surface area contributed by atoms with Crippen molar-refractivity contribution in [3.8, 4) is 0 Å². The second kappa shape index (κ2) is 6.03. The van der Waals surface area contributed by atoms with Crippen LogP contribution < -0.4 is 5.73 Å². The Labute approximate surface area is 105 Å². The number of nitrogens with zero attached hydrogens (tertiary/aromatic N) is 1. The molecule has 0 bridgehead atoms. The zero-order chi connectivity index (χ0) is 12.9. The summed E-state index contributed by atoms with van der Waals surface area (Å²) < 4.78 is 5.41. The number of nitrogen functional groups attached to an aromatic ring is 1. The summed E-state index contributed by atoms with van der Waals surface area (Å²) in [6, 6.07) is 8.05. The molecule has 0 unspecified atom stereocenters. The molecule has 0 amide bonds. The molecule has 0 spiro atoms. The van der Waals surface area contributed by atoms with Crippen LogP contribution in [-0.2, 0) is 11.3 Å². The molecule has 17 heavy (non-hydrogen) atoms. The fourth-order valence-electron chi connectivity index (χ4n) is 1.58. The first-order chi connectivity index (χ1) is 7.93. The average Bonchev–Trinajstić information content (AvgIpc) is 2.30. The standard InChI is InChI=1S/C14H24N2O/c1-14(2,17-4)9-10-16(3)11-12-5-7-13(15)8-6-12/h5-8H,9-11,15H2,1-4H3. The fraction of sp³-hybridized carbons (Fsp3) is 0.571. The van der Waals surface area contributed by atoms with Crippen LogP contribution >= 0.6 is 0 Å². The number of nitrogens with two attached hydrogens (primary N) is 1. The van der Waals surface area contributed by atoms with E-state index >= 15 is 0 Å². The van der Waals surface area contributed by atoms with Gasteiger partial charge in [0.1, 0.15) is 0 Å². The molecule has 0 aromatic heterocycles. The number of hydrogen-bond donors (Lipinski definition) is 1. The minimum atomic E-state index is -0.0463. The van der Waals surface area contributed by atoms with Crippen LogP contribution in [0.3, 0.4) is 0 Å². The third kappa shape index (κ3) is 5.20. The van der Waals surface area contributed by atoms with E-state index < -0.39 is 0 Å². The predicted octanol–water partition coefficient (Wildman–Crippen LogP) is 2.52. The van der Waals surface area contributed by atoms with Crippen LogP contribution in [0.2, 0.25) is 0 Å². The maximum Gasteiger partial charge on any atom is 0.0634 e. The molecule has 1 aromatic rings. The van der Waals surface area contributed by atoms with Crippen LogP contribution in [0.15, 0.2) is 24.3 Å². The van der Waals surface area contributed by atoms with Crippen molar-refractivity contribution in [1.82, 2.24) is 4.90 Å². The molecule has 1 aromatic carbocycles. The van der Waals surface area contributed by atoms with E-state index in [4.69, 9.17) is 10.5 Å². The Morgan fingerprint density at radius 1 is 1.24 bits per heavy atom. The fourth-order valence-corrected chi connectivity index (χ4v) is 1.58. The first-order valence-electron chi connectivity index (χ1n) is 6.01. The van der Waals surface area contributed by atoms with Crippen LogP contribution in [0, 0.1) is 0 Å². The largest absolute Gasteiger partial charge is 0.399 e. The minimum absolute atomic E-state index is 0.0463. The maximum absolute atomic E-state index is 5.66. The van der Waals surface area contributed by atoms with Crippen molar-refractivity contribution < 1.29 is 4.74 Å². The predicted molar refractivity (Wildman–Crippen MR) is 72.9 cm³/mol. The molecular weight excluding hydrogens is 212 g/mol. The minimum Gasteiger partial charge on any atom is -0.399 e. The number of hydrogen-bond acceptors (Lipinski definition) is 3. The van der Waals surface area contributed by atoms with Crippen molar-refractivity contribution in [2.24, 2.45) is 0 Å². The molecule has 0 saturated heterocycles. The van der Waals surface area contributed by atoms with Gasteiger partial charge in [-0.3, -0.25) is 0 Å². The van der Waals surface area contributed by atoms with E-state index in [1.165, 1.54) is 5.56 Å². The topological polar surface area (TPSA) is 38.5 Å². The normalized spacial score (nSPS) is 12.1. The summed E-state index contributed by atoms with van der Waals surface area (Å²) in [5, 5.41) is 0. The Morgan fingerprint density at radius 2 is 1.82 bits per heavy atom. The van der Waals surface area contributed by atoms with E-state index in [1.54, 1.807) is 7.11 Å². The monoisotopic (exact) mass is 236 g/mol. The number of ether oxygens (including phenoxy) is 1. The van der Waals surface area contributed by atoms with Gasteiger partial charge >= 0.3 is 0 Å². The molecular formula is C14H24N2O. The molecule has 0 aliphatic heterocycles. The highest BCUT2D eigenvalue weighted by atomic mass is 16.5. The molecule has 96 valence electrons. The summed E-state index contributed by atoms with van der Waals surface area (Å²) in [4.78, 5) is 2.30. The summed E-state index contributed by atoms with van der Waals surface area (Å²) in [5.74, 6) is 0. The van der Waals surface area contributed by atoms with Gasteiger partial charge in [0.15, 0.2) is 0 Å². The summed E-state index contributed by atoms with van der Waals surface area (Å²) in [5.41, 5.74) is 7.72. The zero-order valence-electron chi connectivity index (χ0n) is 11.4. The van der Waals surface area contributed by atoms with Gasteiger partial charge in [0, 0.05) is 25.9 Å². The van der Waals surface area contributed by atoms with Crippen LogP contribution in [0.4, 0.5) is 5.69 Å². The van der Waals surface area contributed by atoms with Crippen LogP contribution in [-0.4, -0.2) is 31.2 Å². The van der Waals surface area contributed by atoms with Crippen LogP contribution in [0.1, 0.15) is 25.8 Å². The number of rotatable bonds is 6. The Morgan fingerprint density at radius 3 is 2.35 bits per heavy atom. The third-order valence-electron chi connectivity index (χ3n) is 3.08. The first kappa shape index (κ1) is 14.0. The number of methoxy groups -OCH3 is 1. The Bertz CT molecular complexity index is 333. The summed E-state index contributed by atoms with van der Waals surface area (Å²) in [6.07, 6.45) is 1.02. The lowest BCUT2D eigenvalue weighted by molar-refractivity contribution is 0.00867. The summed E-state index contributed by atoms with van der Waals surface area (Å²) in [7, 11) is 3.89. The summed E-state index contributed by atoms with van der Waals surface area (Å²) >= 11 is 0. The van der Waals surface area contributed by atoms with E-state index in [0.29, 0.717) is 0 Å². The second-order valence-electron chi connectivity index (χ2n) is 5.19. The van der Waals surface area contributed by atoms with E-state index in [9.17, 15) is 0 Å². The van der Waals surface area contributed by atoms with E-state index in [-0.39, 0.29) is 5.60 Å². The molecule has 3 nitrogen and oxygen atoms in total. The molecule has 2 N–H and O–H groups in total. The molecule has 0 heterocycles. The van der Waals surface area contributed by atoms with Gasteiger partial charge in [-0.15, -0.1) is 0 Å². The first-order valence-corrected chi connectivity index (χ1v) is 6.01. The Balaban J connectivity index is 2.39. The third-order valence-corrected chi connectivity index (χ3v) is 3.08. The van der Waals surface area contributed by atoms with Gasteiger partial charge in [0.05, 0.1) is 5.60 Å². The molecule has 0 aliphatic carbocycles. The highest BCUT2D eigenvalue weighted by molar-refractivity contribution is 5.39. The lowest BCUT2D eigenvalue weighted by Gasteiger charge is -2.26. The zero-order valence-corrected chi connectivity index (χ0v) is 11.4. The molecule has 1 rings (SSSR count). The van der Waals surface area contributed by atoms with Gasteiger partial charge < -0.3 is 15.4 Å². The van der Waals surface area contributed by atoms with E-state index in [1.807, 2.05) is 12.1 Å². The van der Waals surface area contributed by atoms with Crippen molar-refractivity contribution in [3.05, 3.63) is 29.8 Å². The molecule has 0 aliphatic rings.